The van der Waals surface area contributed by atoms with Crippen LogP contribution in [-0.2, 0) is 19.1 Å². The Morgan fingerprint density at radius 2 is 1.00 bits per heavy atom. The Morgan fingerprint density at radius 3 is 1.47 bits per heavy atom. The number of nitrogens with zero attached hydrogens (tertiary/aromatic N) is 4. The molecule has 0 aliphatic heterocycles. The number of azo groups is 2. The van der Waals surface area contributed by atoms with Crippen LogP contribution in [0.1, 0.15) is 13.8 Å². The average Bonchev–Trinajstić information content (AvgIpc) is 3.11. The van der Waals surface area contributed by atoms with Crippen molar-refractivity contribution in [3.8, 4) is 11.5 Å². The fourth-order valence-electron chi connectivity index (χ4n) is 3.70. The van der Waals surface area contributed by atoms with Gasteiger partial charge in [0.25, 0.3) is 0 Å². The van der Waals surface area contributed by atoms with Crippen LogP contribution in [0.15, 0.2) is 136 Å². The van der Waals surface area contributed by atoms with E-state index >= 15 is 0 Å². The third kappa shape index (κ3) is 12.1. The normalized spacial score (nSPS) is 10.8. The van der Waals surface area contributed by atoms with Crippen LogP contribution in [0.2, 0.25) is 0 Å². The predicted molar refractivity (Wildman–Crippen MR) is 184 cm³/mol. The zero-order valence-corrected chi connectivity index (χ0v) is 27.0. The van der Waals surface area contributed by atoms with Crippen molar-refractivity contribution in [1.29, 1.82) is 0 Å². The number of hydrazine groups is 1. The lowest BCUT2D eigenvalue weighted by molar-refractivity contribution is -0.140. The number of carbonyl (C=O) groups excluding carboxylic acids is 2. The van der Waals surface area contributed by atoms with Gasteiger partial charge >= 0.3 is 11.9 Å². The number of hydrogen-bond donors (Lipinski definition) is 2. The minimum absolute atomic E-state index is 0.0741. The maximum Gasteiger partial charge on any atom is 0.333 e. The van der Waals surface area contributed by atoms with Crippen LogP contribution in [0.4, 0.5) is 38.5 Å². The molecule has 0 fully saturated rings. The molecule has 252 valence electrons. The number of hydrogen-bond acceptors (Lipinski definition) is 12. The minimum Gasteiger partial charge on any atom is -0.490 e. The van der Waals surface area contributed by atoms with Gasteiger partial charge in [0.05, 0.1) is 28.4 Å². The number of rotatable bonds is 17. The molecule has 4 rings (SSSR count). The summed E-state index contributed by atoms with van der Waals surface area (Å²) in [4.78, 5) is 22.8. The van der Waals surface area contributed by atoms with Crippen molar-refractivity contribution in [1.82, 2.24) is 0 Å². The lowest BCUT2D eigenvalue weighted by atomic mass is 10.2. The van der Waals surface area contributed by atoms with Crippen molar-refractivity contribution < 1.29 is 32.9 Å². The van der Waals surface area contributed by atoms with E-state index in [-0.39, 0.29) is 32.1 Å². The number of carbonyl (C=O) groups is 2. The highest BCUT2D eigenvalue weighted by Crippen LogP contribution is 2.27. The minimum atomic E-state index is -0.556. The van der Waals surface area contributed by atoms with Gasteiger partial charge in [0.2, 0.25) is 0 Å². The molecule has 0 radical (unpaired) electrons. The molecule has 4 aromatic rings. The highest BCUT2D eigenvalue weighted by atomic mass is 19.1. The molecule has 0 unspecified atom stereocenters. The smallest absolute Gasteiger partial charge is 0.333 e. The Labute approximate surface area is 283 Å². The molecule has 0 atom stereocenters. The van der Waals surface area contributed by atoms with Gasteiger partial charge < -0.3 is 29.8 Å². The van der Waals surface area contributed by atoms with E-state index in [1.54, 1.807) is 92.7 Å². The van der Waals surface area contributed by atoms with Crippen molar-refractivity contribution in [3.63, 3.8) is 0 Å². The Balaban J connectivity index is 1.20. The first kappa shape index (κ1) is 35.5. The van der Waals surface area contributed by atoms with Crippen LogP contribution in [0.5, 0.6) is 11.5 Å². The Bertz CT molecular complexity index is 1810. The topological polar surface area (TPSA) is 145 Å². The first-order valence-electron chi connectivity index (χ1n) is 15.0. The van der Waals surface area contributed by atoms with Gasteiger partial charge in [-0.1, -0.05) is 13.2 Å². The van der Waals surface area contributed by atoms with Gasteiger partial charge in [-0.15, -0.1) is 5.11 Å². The van der Waals surface area contributed by atoms with Crippen LogP contribution >= 0.6 is 0 Å². The van der Waals surface area contributed by atoms with Gasteiger partial charge in [-0.05, 0) is 98.8 Å². The molecule has 13 heteroatoms. The highest BCUT2D eigenvalue weighted by molar-refractivity contribution is 5.87. The van der Waals surface area contributed by atoms with Crippen LogP contribution in [0.25, 0.3) is 0 Å². The summed E-state index contributed by atoms with van der Waals surface area (Å²) in [6.45, 7) is 10.9. The van der Waals surface area contributed by atoms with Crippen molar-refractivity contribution in [2.75, 3.05) is 37.3 Å². The lowest BCUT2D eigenvalue weighted by Crippen LogP contribution is -2.12. The fourth-order valence-corrected chi connectivity index (χ4v) is 3.70. The second kappa shape index (κ2) is 18.1. The van der Waals surface area contributed by atoms with E-state index in [1.165, 1.54) is 12.1 Å². The monoisotopic (exact) mass is 666 g/mol. The summed E-state index contributed by atoms with van der Waals surface area (Å²) in [5.41, 5.74) is 9.58. The van der Waals surface area contributed by atoms with Gasteiger partial charge in [0.15, 0.2) is 5.82 Å². The summed E-state index contributed by atoms with van der Waals surface area (Å²) in [6.07, 6.45) is 0. The summed E-state index contributed by atoms with van der Waals surface area (Å²) < 4.78 is 35.8. The molecule has 0 aromatic heterocycles. The summed E-state index contributed by atoms with van der Waals surface area (Å²) in [6, 6.07) is 25.3. The van der Waals surface area contributed by atoms with Crippen molar-refractivity contribution in [3.05, 3.63) is 121 Å². The van der Waals surface area contributed by atoms with Crippen LogP contribution in [0.3, 0.4) is 0 Å². The van der Waals surface area contributed by atoms with Crippen LogP contribution in [0, 0.1) is 5.82 Å². The van der Waals surface area contributed by atoms with E-state index in [0.29, 0.717) is 51.1 Å². The Kier molecular flexibility index (Phi) is 13.1. The number of anilines is 2. The van der Waals surface area contributed by atoms with Gasteiger partial charge in [-0.2, -0.15) is 15.3 Å². The quantitative estimate of drug-likeness (QED) is 0.0373. The van der Waals surface area contributed by atoms with Crippen LogP contribution < -0.4 is 20.3 Å². The summed E-state index contributed by atoms with van der Waals surface area (Å²) in [7, 11) is 0. The van der Waals surface area contributed by atoms with E-state index in [0.717, 1.165) is 0 Å². The predicted octanol–water partition coefficient (Wildman–Crippen LogP) is 9.09. The lowest BCUT2D eigenvalue weighted by Gasteiger charge is -2.11. The molecule has 4 aromatic carbocycles. The van der Waals surface area contributed by atoms with Crippen LogP contribution in [-0.4, -0.2) is 38.4 Å². The van der Waals surface area contributed by atoms with E-state index in [2.05, 4.69) is 44.5 Å². The molecule has 0 bridgehead atoms. The molecule has 0 saturated carbocycles. The maximum absolute atomic E-state index is 14.7. The molecule has 0 aliphatic carbocycles. The zero-order valence-electron chi connectivity index (χ0n) is 27.0. The SMILES string of the molecule is C=C(C)C(=O)OCCOc1ccc(N=Nc2ccc(N=Nc3ccc(NNc4ccc(OCCOC(=O)C(=C)C)cc4)cc3F)cc2)cc1. The summed E-state index contributed by atoms with van der Waals surface area (Å²) in [5, 5.41) is 16.6. The van der Waals surface area contributed by atoms with Gasteiger partial charge in [0, 0.05) is 17.2 Å². The summed E-state index contributed by atoms with van der Waals surface area (Å²) in [5.74, 6) is -0.264. The molecule has 0 spiro atoms. The highest BCUT2D eigenvalue weighted by Gasteiger charge is 2.06. The molecular formula is C36H35FN6O6. The number of ether oxygens (including phenoxy) is 4. The average molecular weight is 667 g/mol. The van der Waals surface area contributed by atoms with E-state index < -0.39 is 17.8 Å². The molecular weight excluding hydrogens is 631 g/mol. The third-order valence-corrected chi connectivity index (χ3v) is 6.26. The number of esters is 2. The van der Waals surface area contributed by atoms with Gasteiger partial charge in [-0.25, -0.2) is 14.0 Å². The van der Waals surface area contributed by atoms with E-state index in [4.69, 9.17) is 18.9 Å². The second-order valence-corrected chi connectivity index (χ2v) is 10.4. The zero-order chi connectivity index (χ0) is 35.0. The first-order valence-corrected chi connectivity index (χ1v) is 15.0. The molecule has 0 heterocycles. The maximum atomic E-state index is 14.7. The standard InChI is InChI=1S/C36H35FN6O6/c1-24(2)35(44)48-21-19-46-31-14-9-28(10-15-31)39-38-26-5-7-27(8-6-26)41-43-34-18-13-30(23-33(34)37)42-40-29-11-16-32(17-12-29)47-20-22-49-36(45)25(3)4/h5-18,23,40,42H,1,3,19-22H2,2,4H3. The van der Waals surface area contributed by atoms with Gasteiger partial charge in [0.1, 0.15) is 43.6 Å². The molecule has 12 nitrogen and oxygen atoms in total. The molecule has 2 N–H and O–H groups in total. The number of nitrogens with one attached hydrogen (secondary N) is 2. The van der Waals surface area contributed by atoms with E-state index in [1.807, 2.05) is 0 Å². The number of halogens is 1. The van der Waals surface area contributed by atoms with Crippen molar-refractivity contribution >= 4 is 46.1 Å². The fraction of sp³-hybridized carbons (Fsp3) is 0.167. The van der Waals surface area contributed by atoms with Gasteiger partial charge in [-0.3, -0.25) is 0 Å². The molecule has 0 amide bonds. The van der Waals surface area contributed by atoms with E-state index in [9.17, 15) is 14.0 Å². The van der Waals surface area contributed by atoms with Crippen molar-refractivity contribution in [2.24, 2.45) is 20.5 Å². The molecule has 0 aliphatic rings. The third-order valence-electron chi connectivity index (χ3n) is 6.26. The molecule has 49 heavy (non-hydrogen) atoms. The van der Waals surface area contributed by atoms with Crippen molar-refractivity contribution in [2.45, 2.75) is 13.8 Å². The number of benzene rings is 4. The molecule has 0 saturated heterocycles. The summed E-state index contributed by atoms with van der Waals surface area (Å²) >= 11 is 0. The second-order valence-electron chi connectivity index (χ2n) is 10.4. The Hall–Kier alpha value is -6.37. The first-order chi connectivity index (χ1) is 23.7. The largest absolute Gasteiger partial charge is 0.490 e. The Morgan fingerprint density at radius 1 is 0.592 bits per heavy atom.